The lowest BCUT2D eigenvalue weighted by Crippen LogP contribution is -2.40. The first-order valence-corrected chi connectivity index (χ1v) is 10.7. The Kier molecular flexibility index (Phi) is 5.77. The van der Waals surface area contributed by atoms with Crippen LogP contribution in [0.15, 0.2) is 45.4 Å². The summed E-state index contributed by atoms with van der Waals surface area (Å²) in [7, 11) is 0. The maximum absolute atomic E-state index is 13.0. The number of carbonyl (C=O) groups is 2. The fourth-order valence-electron chi connectivity index (χ4n) is 3.16. The van der Waals surface area contributed by atoms with Gasteiger partial charge in [0.1, 0.15) is 0 Å². The summed E-state index contributed by atoms with van der Waals surface area (Å²) in [5.41, 5.74) is 1.95. The standard InChI is InChI=1S/C19H22N2O3S2/c1-5-14-17(22)21-16(12-7-9-13(25-4)10-8-12)15(18(23)24-6-2)11(3)20-19(21)26-14/h7-10,14,16H,5-6H2,1-4H3. The van der Waals surface area contributed by atoms with Crippen LogP contribution in [0.5, 0.6) is 0 Å². The molecule has 0 aromatic heterocycles. The molecule has 1 amide bonds. The molecule has 2 aliphatic heterocycles. The largest absolute Gasteiger partial charge is 0.463 e. The number of hydrogen-bond acceptors (Lipinski definition) is 6. The van der Waals surface area contributed by atoms with Gasteiger partial charge in [0.25, 0.3) is 0 Å². The molecule has 2 heterocycles. The number of ether oxygens (including phenoxy) is 1. The van der Waals surface area contributed by atoms with Crippen LogP contribution < -0.4 is 0 Å². The molecule has 2 atom stereocenters. The van der Waals surface area contributed by atoms with E-state index in [-0.39, 0.29) is 17.8 Å². The Hall–Kier alpha value is -1.73. The van der Waals surface area contributed by atoms with Gasteiger partial charge in [-0.25, -0.2) is 9.79 Å². The molecule has 26 heavy (non-hydrogen) atoms. The number of rotatable bonds is 5. The Morgan fingerprint density at radius 2 is 2.00 bits per heavy atom. The molecular weight excluding hydrogens is 368 g/mol. The molecule has 0 radical (unpaired) electrons. The highest BCUT2D eigenvalue weighted by atomic mass is 32.2. The Morgan fingerprint density at radius 1 is 1.31 bits per heavy atom. The predicted octanol–water partition coefficient (Wildman–Crippen LogP) is 4.01. The number of fused-ring (bicyclic) bond motifs is 1. The third-order valence-electron chi connectivity index (χ3n) is 4.45. The molecule has 7 heteroatoms. The number of aliphatic imine (C=N–C) groups is 1. The van der Waals surface area contributed by atoms with Crippen LogP contribution in [0.4, 0.5) is 0 Å². The maximum Gasteiger partial charge on any atom is 0.338 e. The van der Waals surface area contributed by atoms with Crippen LogP contribution in [0.25, 0.3) is 0 Å². The lowest BCUT2D eigenvalue weighted by atomic mass is 9.94. The van der Waals surface area contributed by atoms with Gasteiger partial charge in [0, 0.05) is 4.90 Å². The first-order chi connectivity index (χ1) is 12.5. The number of nitrogens with zero attached hydrogens (tertiary/aromatic N) is 2. The van der Waals surface area contributed by atoms with Crippen molar-refractivity contribution in [1.82, 2.24) is 4.90 Å². The van der Waals surface area contributed by atoms with Gasteiger partial charge in [0.15, 0.2) is 5.17 Å². The number of amidine groups is 1. The second-order valence-electron chi connectivity index (χ2n) is 6.01. The lowest BCUT2D eigenvalue weighted by molar-refractivity contribution is -0.139. The quantitative estimate of drug-likeness (QED) is 0.562. The molecule has 1 saturated heterocycles. The number of benzene rings is 1. The highest BCUT2D eigenvalue weighted by Gasteiger charge is 2.47. The molecule has 1 aromatic rings. The summed E-state index contributed by atoms with van der Waals surface area (Å²) in [4.78, 5) is 33.0. The highest BCUT2D eigenvalue weighted by Crippen LogP contribution is 2.44. The fourth-order valence-corrected chi connectivity index (χ4v) is 4.70. The van der Waals surface area contributed by atoms with Crippen LogP contribution in [0, 0.1) is 0 Å². The summed E-state index contributed by atoms with van der Waals surface area (Å²) in [6.07, 6.45) is 2.74. The molecule has 0 saturated carbocycles. The van der Waals surface area contributed by atoms with E-state index in [2.05, 4.69) is 4.99 Å². The molecule has 0 aliphatic carbocycles. The van der Waals surface area contributed by atoms with E-state index >= 15 is 0 Å². The Morgan fingerprint density at radius 3 is 2.58 bits per heavy atom. The number of amides is 1. The molecule has 5 nitrogen and oxygen atoms in total. The van der Waals surface area contributed by atoms with E-state index in [4.69, 9.17) is 4.74 Å². The number of esters is 1. The first-order valence-electron chi connectivity index (χ1n) is 8.62. The van der Waals surface area contributed by atoms with Crippen molar-refractivity contribution in [3.05, 3.63) is 41.1 Å². The first kappa shape index (κ1) is 19.0. The number of allylic oxidation sites excluding steroid dienone is 1. The number of hydrogen-bond donors (Lipinski definition) is 0. The zero-order valence-electron chi connectivity index (χ0n) is 15.3. The van der Waals surface area contributed by atoms with Gasteiger partial charge in [0.05, 0.1) is 29.2 Å². The number of thioether (sulfide) groups is 2. The van der Waals surface area contributed by atoms with E-state index in [0.717, 1.165) is 16.9 Å². The van der Waals surface area contributed by atoms with Crippen LogP contribution in [0.2, 0.25) is 0 Å². The third kappa shape index (κ3) is 3.30. The predicted molar refractivity (Wildman–Crippen MR) is 106 cm³/mol. The minimum absolute atomic E-state index is 0.00416. The fraction of sp³-hybridized carbons (Fsp3) is 0.421. The van der Waals surface area contributed by atoms with Crippen LogP contribution in [0.3, 0.4) is 0 Å². The van der Waals surface area contributed by atoms with Gasteiger partial charge in [-0.1, -0.05) is 30.8 Å². The van der Waals surface area contributed by atoms with Crippen molar-refractivity contribution in [2.75, 3.05) is 12.9 Å². The van der Waals surface area contributed by atoms with Crippen molar-refractivity contribution >= 4 is 40.6 Å². The molecule has 0 bridgehead atoms. The minimum Gasteiger partial charge on any atom is -0.463 e. The highest BCUT2D eigenvalue weighted by molar-refractivity contribution is 8.15. The molecule has 0 spiro atoms. The van der Waals surface area contributed by atoms with Gasteiger partial charge in [-0.05, 0) is 44.2 Å². The van der Waals surface area contributed by atoms with Gasteiger partial charge in [-0.15, -0.1) is 11.8 Å². The topological polar surface area (TPSA) is 59.0 Å². The van der Waals surface area contributed by atoms with E-state index in [9.17, 15) is 9.59 Å². The third-order valence-corrected chi connectivity index (χ3v) is 6.51. The number of carbonyl (C=O) groups excluding carboxylic acids is 2. The van der Waals surface area contributed by atoms with E-state index < -0.39 is 12.0 Å². The Bertz CT molecular complexity index is 786. The van der Waals surface area contributed by atoms with Crippen molar-refractivity contribution in [1.29, 1.82) is 0 Å². The van der Waals surface area contributed by atoms with Crippen molar-refractivity contribution in [2.45, 2.75) is 43.4 Å². The van der Waals surface area contributed by atoms with E-state index in [0.29, 0.717) is 16.4 Å². The summed E-state index contributed by atoms with van der Waals surface area (Å²) >= 11 is 3.13. The summed E-state index contributed by atoms with van der Waals surface area (Å²) in [6.45, 7) is 5.86. The van der Waals surface area contributed by atoms with Gasteiger partial charge in [-0.2, -0.15) is 0 Å². The van der Waals surface area contributed by atoms with Gasteiger partial charge in [-0.3, -0.25) is 9.69 Å². The SMILES string of the molecule is CCOC(=O)C1=C(C)N=C2SC(CC)C(=O)N2C1c1ccc(SC)cc1. The second kappa shape index (κ2) is 7.88. The molecule has 1 fully saturated rings. The maximum atomic E-state index is 13.0. The van der Waals surface area contributed by atoms with Crippen molar-refractivity contribution in [2.24, 2.45) is 4.99 Å². The summed E-state index contributed by atoms with van der Waals surface area (Å²) in [5.74, 6) is -0.408. The molecule has 138 valence electrons. The molecule has 1 aromatic carbocycles. The van der Waals surface area contributed by atoms with Crippen molar-refractivity contribution < 1.29 is 14.3 Å². The molecular formula is C19H22N2O3S2. The zero-order valence-corrected chi connectivity index (χ0v) is 16.9. The van der Waals surface area contributed by atoms with Crippen LogP contribution in [0.1, 0.15) is 38.8 Å². The van der Waals surface area contributed by atoms with Crippen LogP contribution in [-0.2, 0) is 14.3 Å². The minimum atomic E-state index is -0.492. The van der Waals surface area contributed by atoms with E-state index in [1.807, 2.05) is 44.4 Å². The lowest BCUT2D eigenvalue weighted by Gasteiger charge is -2.33. The van der Waals surface area contributed by atoms with Crippen molar-refractivity contribution in [3.63, 3.8) is 0 Å². The molecule has 2 aliphatic rings. The Labute approximate surface area is 162 Å². The zero-order chi connectivity index (χ0) is 18.8. The molecule has 0 N–H and O–H groups in total. The van der Waals surface area contributed by atoms with Crippen LogP contribution in [-0.4, -0.2) is 40.1 Å². The van der Waals surface area contributed by atoms with Gasteiger partial charge < -0.3 is 4.74 Å². The molecule has 2 unspecified atom stereocenters. The summed E-state index contributed by atoms with van der Waals surface area (Å²) in [6, 6.07) is 7.48. The summed E-state index contributed by atoms with van der Waals surface area (Å²) in [5, 5.41) is 0.516. The Balaban J connectivity index is 2.11. The average Bonchev–Trinajstić information content (AvgIpc) is 2.96. The normalized spacial score (nSPS) is 22.4. The monoisotopic (exact) mass is 390 g/mol. The van der Waals surface area contributed by atoms with Crippen molar-refractivity contribution in [3.8, 4) is 0 Å². The second-order valence-corrected chi connectivity index (χ2v) is 8.06. The van der Waals surface area contributed by atoms with E-state index in [1.54, 1.807) is 23.6 Å². The van der Waals surface area contributed by atoms with E-state index in [1.165, 1.54) is 11.8 Å². The summed E-state index contributed by atoms with van der Waals surface area (Å²) < 4.78 is 5.27. The van der Waals surface area contributed by atoms with Gasteiger partial charge >= 0.3 is 5.97 Å². The van der Waals surface area contributed by atoms with Crippen LogP contribution >= 0.6 is 23.5 Å². The average molecular weight is 391 g/mol. The smallest absolute Gasteiger partial charge is 0.338 e. The molecule has 3 rings (SSSR count). The van der Waals surface area contributed by atoms with Gasteiger partial charge in [0.2, 0.25) is 5.91 Å².